The van der Waals surface area contributed by atoms with E-state index in [1.54, 1.807) is 6.92 Å². The molecule has 1 rings (SSSR count). The zero-order valence-electron chi connectivity index (χ0n) is 12.4. The molecule has 0 radical (unpaired) electrons. The molecule has 1 aromatic carbocycles. The molecule has 0 saturated heterocycles. The first-order valence-corrected chi connectivity index (χ1v) is 7.52. The lowest BCUT2D eigenvalue weighted by Gasteiger charge is -2.19. The Balaban J connectivity index is 3.05. The van der Waals surface area contributed by atoms with E-state index in [2.05, 4.69) is 6.92 Å². The van der Waals surface area contributed by atoms with Gasteiger partial charge in [0.25, 0.3) is 0 Å². The third kappa shape index (κ3) is 3.45. The number of phenols is 2. The molecule has 4 heteroatoms. The van der Waals surface area contributed by atoms with Crippen molar-refractivity contribution in [2.75, 3.05) is 0 Å². The van der Waals surface area contributed by atoms with Gasteiger partial charge in [-0.1, -0.05) is 51.1 Å². The first-order chi connectivity index (χ1) is 9.45. The van der Waals surface area contributed by atoms with Crippen LogP contribution in [0.4, 0.5) is 0 Å². The van der Waals surface area contributed by atoms with Crippen molar-refractivity contribution in [3.63, 3.8) is 0 Å². The molecule has 20 heavy (non-hydrogen) atoms. The third-order valence-corrected chi connectivity index (χ3v) is 4.27. The highest BCUT2D eigenvalue weighted by Crippen LogP contribution is 2.44. The van der Waals surface area contributed by atoms with Crippen LogP contribution in [0.1, 0.15) is 73.4 Å². The fourth-order valence-electron chi connectivity index (χ4n) is 2.48. The minimum absolute atomic E-state index is 0.0383. The van der Waals surface area contributed by atoms with Crippen molar-refractivity contribution in [3.05, 3.63) is 21.7 Å². The molecular formula is C16H23ClO3. The second kappa shape index (κ2) is 7.53. The molecule has 2 N–H and O–H groups in total. The van der Waals surface area contributed by atoms with Crippen molar-refractivity contribution in [2.24, 2.45) is 0 Å². The summed E-state index contributed by atoms with van der Waals surface area (Å²) in [6, 6.07) is 0. The Morgan fingerprint density at radius 1 is 1.20 bits per heavy atom. The number of rotatable bonds is 7. The first kappa shape index (κ1) is 16.8. The van der Waals surface area contributed by atoms with Crippen LogP contribution in [-0.4, -0.2) is 16.5 Å². The van der Waals surface area contributed by atoms with Crippen molar-refractivity contribution in [2.45, 2.75) is 58.8 Å². The van der Waals surface area contributed by atoms with Crippen LogP contribution < -0.4 is 0 Å². The van der Waals surface area contributed by atoms with E-state index in [1.807, 2.05) is 6.92 Å². The highest BCUT2D eigenvalue weighted by Gasteiger charge is 2.23. The predicted octanol–water partition coefficient (Wildman–Crippen LogP) is 4.95. The Morgan fingerprint density at radius 2 is 1.85 bits per heavy atom. The summed E-state index contributed by atoms with van der Waals surface area (Å²) in [6.45, 7) is 5.69. The fourth-order valence-corrected chi connectivity index (χ4v) is 2.69. The summed E-state index contributed by atoms with van der Waals surface area (Å²) in [5.74, 6) is -0.277. The van der Waals surface area contributed by atoms with E-state index in [4.69, 9.17) is 11.6 Å². The molecule has 0 saturated carbocycles. The van der Waals surface area contributed by atoms with Gasteiger partial charge in [-0.05, 0) is 24.8 Å². The van der Waals surface area contributed by atoms with E-state index in [1.165, 1.54) is 6.42 Å². The molecule has 0 aliphatic heterocycles. The van der Waals surface area contributed by atoms with Crippen LogP contribution in [0.5, 0.6) is 11.5 Å². The van der Waals surface area contributed by atoms with Crippen LogP contribution in [0.3, 0.4) is 0 Å². The van der Waals surface area contributed by atoms with Gasteiger partial charge in [-0.15, -0.1) is 0 Å². The molecule has 0 aromatic heterocycles. The van der Waals surface area contributed by atoms with Crippen LogP contribution in [0, 0.1) is 6.92 Å². The van der Waals surface area contributed by atoms with Gasteiger partial charge in [0.1, 0.15) is 11.5 Å². The van der Waals surface area contributed by atoms with Crippen molar-refractivity contribution in [1.82, 2.24) is 0 Å². The summed E-state index contributed by atoms with van der Waals surface area (Å²) in [5, 5.41) is 20.5. The Morgan fingerprint density at radius 3 is 2.40 bits per heavy atom. The van der Waals surface area contributed by atoms with Crippen molar-refractivity contribution < 1.29 is 15.0 Å². The molecule has 1 atom stereocenters. The molecule has 1 aromatic rings. The Kier molecular flexibility index (Phi) is 6.34. The maximum Gasteiger partial charge on any atom is 0.154 e. The zero-order valence-corrected chi connectivity index (χ0v) is 13.1. The molecule has 0 aliphatic rings. The standard InChI is InChI=1S/C16H23ClO3/c1-4-5-6-7-8-10(2)13-15(19)12(9-18)11(3)14(17)16(13)20/h9-10,19-20H,4-8H2,1-3H3. The van der Waals surface area contributed by atoms with Crippen LogP contribution in [-0.2, 0) is 0 Å². The molecule has 112 valence electrons. The van der Waals surface area contributed by atoms with Gasteiger partial charge in [-0.2, -0.15) is 0 Å². The third-order valence-electron chi connectivity index (χ3n) is 3.81. The number of benzene rings is 1. The van der Waals surface area contributed by atoms with Gasteiger partial charge in [0.15, 0.2) is 6.29 Å². The molecule has 0 heterocycles. The summed E-state index contributed by atoms with van der Waals surface area (Å²) in [4.78, 5) is 11.1. The van der Waals surface area contributed by atoms with Crippen LogP contribution >= 0.6 is 11.6 Å². The van der Waals surface area contributed by atoms with E-state index in [0.29, 0.717) is 17.4 Å². The molecule has 0 bridgehead atoms. The SMILES string of the molecule is CCCCCCC(C)c1c(O)c(Cl)c(C)c(C=O)c1O. The second-order valence-electron chi connectivity index (χ2n) is 5.33. The van der Waals surface area contributed by atoms with Gasteiger partial charge in [0, 0.05) is 5.56 Å². The summed E-state index contributed by atoms with van der Waals surface area (Å²) in [6.07, 6.45) is 5.93. The average molecular weight is 299 g/mol. The maximum absolute atomic E-state index is 11.1. The lowest BCUT2D eigenvalue weighted by Crippen LogP contribution is -2.01. The monoisotopic (exact) mass is 298 g/mol. The number of hydrogen-bond acceptors (Lipinski definition) is 3. The molecule has 3 nitrogen and oxygen atoms in total. The maximum atomic E-state index is 11.1. The highest BCUT2D eigenvalue weighted by atomic mass is 35.5. The van der Waals surface area contributed by atoms with E-state index >= 15 is 0 Å². The minimum atomic E-state index is -0.137. The smallest absolute Gasteiger partial charge is 0.154 e. The predicted molar refractivity (Wildman–Crippen MR) is 82.1 cm³/mol. The second-order valence-corrected chi connectivity index (χ2v) is 5.71. The van der Waals surface area contributed by atoms with Gasteiger partial charge in [0.2, 0.25) is 0 Å². The first-order valence-electron chi connectivity index (χ1n) is 7.14. The van der Waals surface area contributed by atoms with Crippen LogP contribution in [0.25, 0.3) is 0 Å². The van der Waals surface area contributed by atoms with Gasteiger partial charge in [-0.3, -0.25) is 4.79 Å². The number of carbonyl (C=O) groups is 1. The van der Waals surface area contributed by atoms with Crippen LogP contribution in [0.15, 0.2) is 0 Å². The van der Waals surface area contributed by atoms with Crippen molar-refractivity contribution in [3.8, 4) is 11.5 Å². The van der Waals surface area contributed by atoms with Gasteiger partial charge >= 0.3 is 0 Å². The molecule has 0 aliphatic carbocycles. The quantitative estimate of drug-likeness (QED) is 0.553. The van der Waals surface area contributed by atoms with Crippen molar-refractivity contribution >= 4 is 17.9 Å². The van der Waals surface area contributed by atoms with Gasteiger partial charge in [-0.25, -0.2) is 0 Å². The lowest BCUT2D eigenvalue weighted by atomic mass is 9.90. The number of phenolic OH excluding ortho intramolecular Hbond substituents is 2. The van der Waals surface area contributed by atoms with Crippen molar-refractivity contribution in [1.29, 1.82) is 0 Å². The zero-order chi connectivity index (χ0) is 15.3. The topological polar surface area (TPSA) is 57.5 Å². The lowest BCUT2D eigenvalue weighted by molar-refractivity contribution is 0.112. The normalized spacial score (nSPS) is 12.4. The van der Waals surface area contributed by atoms with Gasteiger partial charge in [0.05, 0.1) is 10.6 Å². The number of aromatic hydroxyl groups is 2. The van der Waals surface area contributed by atoms with E-state index < -0.39 is 0 Å². The number of hydrogen-bond donors (Lipinski definition) is 2. The minimum Gasteiger partial charge on any atom is -0.507 e. The van der Waals surface area contributed by atoms with Crippen LogP contribution in [0.2, 0.25) is 5.02 Å². The average Bonchev–Trinajstić information content (AvgIpc) is 2.42. The van der Waals surface area contributed by atoms with E-state index in [0.717, 1.165) is 25.7 Å². The molecule has 0 amide bonds. The number of carbonyl (C=O) groups excluding carboxylic acids is 1. The summed E-state index contributed by atoms with van der Waals surface area (Å²) in [7, 11) is 0. The Labute approximate surface area is 125 Å². The molecule has 1 unspecified atom stereocenters. The Bertz CT molecular complexity index is 483. The number of halogens is 1. The molecular weight excluding hydrogens is 276 g/mol. The van der Waals surface area contributed by atoms with E-state index in [9.17, 15) is 15.0 Å². The summed E-state index contributed by atoms with van der Waals surface area (Å²) >= 11 is 6.05. The largest absolute Gasteiger partial charge is 0.507 e. The number of aldehydes is 1. The van der Waals surface area contributed by atoms with Gasteiger partial charge < -0.3 is 10.2 Å². The Hall–Kier alpha value is -1.22. The highest BCUT2D eigenvalue weighted by molar-refractivity contribution is 6.33. The fraction of sp³-hybridized carbons (Fsp3) is 0.562. The summed E-state index contributed by atoms with van der Waals surface area (Å²) < 4.78 is 0. The molecule has 0 spiro atoms. The molecule has 0 fully saturated rings. The van der Waals surface area contributed by atoms with E-state index in [-0.39, 0.29) is 28.0 Å². The number of unbranched alkanes of at least 4 members (excludes halogenated alkanes) is 3. The summed E-state index contributed by atoms with van der Waals surface area (Å²) in [5.41, 5.74) is 0.973.